The zero-order valence-electron chi connectivity index (χ0n) is 10.1. The molecule has 1 heterocycles. The Labute approximate surface area is 111 Å². The van der Waals surface area contributed by atoms with Crippen molar-refractivity contribution < 1.29 is 0 Å². The Morgan fingerprint density at radius 1 is 1.35 bits per heavy atom. The number of hydrogen-bond acceptors (Lipinski definition) is 2. The molecule has 0 atom stereocenters. The molecule has 0 saturated heterocycles. The molecule has 2 rings (SSSR count). The molecule has 90 valence electrons. The van der Waals surface area contributed by atoms with E-state index in [-0.39, 0.29) is 0 Å². The summed E-state index contributed by atoms with van der Waals surface area (Å²) in [5.41, 5.74) is 1.12. The summed E-state index contributed by atoms with van der Waals surface area (Å²) in [6.45, 7) is 4.30. The van der Waals surface area contributed by atoms with Gasteiger partial charge in [-0.2, -0.15) is 0 Å². The third kappa shape index (κ3) is 3.05. The van der Waals surface area contributed by atoms with Crippen molar-refractivity contribution >= 4 is 23.4 Å². The number of nitrogens with zero attached hydrogens (tertiary/aromatic N) is 2. The predicted octanol–water partition coefficient (Wildman–Crippen LogP) is 4.35. The molecule has 0 unspecified atom stereocenters. The Kier molecular flexibility index (Phi) is 3.79. The molecular formula is C13H15ClN2S. The maximum atomic E-state index is 5.97. The second-order valence-electron chi connectivity index (χ2n) is 4.27. The molecule has 0 fully saturated rings. The van der Waals surface area contributed by atoms with Crippen LogP contribution in [0.1, 0.15) is 25.5 Å². The maximum absolute atomic E-state index is 5.97. The van der Waals surface area contributed by atoms with Crippen LogP contribution in [0.15, 0.2) is 40.5 Å². The lowest BCUT2D eigenvalue weighted by molar-refractivity contribution is 0.786. The predicted molar refractivity (Wildman–Crippen MR) is 72.9 cm³/mol. The fraction of sp³-hybridized carbons (Fsp3) is 0.308. The van der Waals surface area contributed by atoms with E-state index in [1.54, 1.807) is 11.8 Å². The molecule has 0 spiro atoms. The van der Waals surface area contributed by atoms with E-state index in [2.05, 4.69) is 29.6 Å². The van der Waals surface area contributed by atoms with E-state index in [9.17, 15) is 0 Å². The van der Waals surface area contributed by atoms with Crippen molar-refractivity contribution in [1.29, 1.82) is 0 Å². The average molecular weight is 267 g/mol. The number of benzene rings is 1. The maximum Gasteiger partial charge on any atom is 0.172 e. The van der Waals surface area contributed by atoms with Crippen molar-refractivity contribution in [3.8, 4) is 0 Å². The van der Waals surface area contributed by atoms with Crippen LogP contribution in [0.5, 0.6) is 0 Å². The number of aryl methyl sites for hydroxylation is 1. The van der Waals surface area contributed by atoms with Gasteiger partial charge in [0, 0.05) is 23.2 Å². The van der Waals surface area contributed by atoms with E-state index < -0.39 is 0 Å². The summed E-state index contributed by atoms with van der Waals surface area (Å²) in [6, 6.07) is 7.83. The van der Waals surface area contributed by atoms with Crippen LogP contribution in [-0.4, -0.2) is 9.55 Å². The fourth-order valence-corrected chi connectivity index (χ4v) is 2.63. The number of rotatable bonds is 3. The topological polar surface area (TPSA) is 17.8 Å². The van der Waals surface area contributed by atoms with Crippen LogP contribution in [0.3, 0.4) is 0 Å². The van der Waals surface area contributed by atoms with E-state index in [4.69, 9.17) is 11.6 Å². The van der Waals surface area contributed by atoms with Gasteiger partial charge >= 0.3 is 0 Å². The average Bonchev–Trinajstić information content (AvgIpc) is 2.61. The van der Waals surface area contributed by atoms with Crippen LogP contribution in [0.2, 0.25) is 5.02 Å². The zero-order chi connectivity index (χ0) is 12.4. The second kappa shape index (κ2) is 5.15. The molecule has 0 aliphatic carbocycles. The first kappa shape index (κ1) is 12.5. The highest BCUT2D eigenvalue weighted by Gasteiger charge is 2.09. The summed E-state index contributed by atoms with van der Waals surface area (Å²) >= 11 is 7.60. The highest BCUT2D eigenvalue weighted by atomic mass is 35.5. The lowest BCUT2D eigenvalue weighted by Gasteiger charge is -2.01. The van der Waals surface area contributed by atoms with Gasteiger partial charge in [0.05, 0.1) is 5.69 Å². The molecule has 0 aliphatic rings. The van der Waals surface area contributed by atoms with E-state index in [0.717, 1.165) is 20.8 Å². The van der Waals surface area contributed by atoms with E-state index in [1.165, 1.54) is 0 Å². The minimum Gasteiger partial charge on any atom is -0.329 e. The van der Waals surface area contributed by atoms with Crippen molar-refractivity contribution in [3.63, 3.8) is 0 Å². The molecule has 0 N–H and O–H groups in total. The Bertz CT molecular complexity index is 520. The van der Waals surface area contributed by atoms with Gasteiger partial charge in [-0.15, -0.1) is 0 Å². The monoisotopic (exact) mass is 266 g/mol. The summed E-state index contributed by atoms with van der Waals surface area (Å²) in [6.07, 6.45) is 2.08. The molecule has 0 aliphatic heterocycles. The summed E-state index contributed by atoms with van der Waals surface area (Å²) < 4.78 is 2.06. The first-order valence-corrected chi connectivity index (χ1v) is 6.72. The van der Waals surface area contributed by atoms with Gasteiger partial charge in [0.2, 0.25) is 0 Å². The van der Waals surface area contributed by atoms with Crippen molar-refractivity contribution in [3.05, 3.63) is 41.2 Å². The molecule has 2 aromatic rings. The van der Waals surface area contributed by atoms with Gasteiger partial charge in [0.15, 0.2) is 5.16 Å². The first-order chi connectivity index (χ1) is 8.06. The van der Waals surface area contributed by atoms with Gasteiger partial charge in [0.25, 0.3) is 0 Å². The van der Waals surface area contributed by atoms with Gasteiger partial charge < -0.3 is 4.57 Å². The molecule has 1 aromatic carbocycles. The summed E-state index contributed by atoms with van der Waals surface area (Å²) in [5.74, 6) is 0.454. The molecule has 2 nitrogen and oxygen atoms in total. The summed E-state index contributed by atoms with van der Waals surface area (Å²) in [7, 11) is 2.02. The third-order valence-corrected chi connectivity index (χ3v) is 3.74. The second-order valence-corrected chi connectivity index (χ2v) is 5.75. The van der Waals surface area contributed by atoms with Crippen LogP contribution < -0.4 is 0 Å². The fourth-order valence-electron chi connectivity index (χ4n) is 1.48. The highest BCUT2D eigenvalue weighted by Crippen LogP contribution is 2.29. The quantitative estimate of drug-likeness (QED) is 0.822. The molecule has 0 bridgehead atoms. The molecule has 0 saturated carbocycles. The number of halogens is 1. The van der Waals surface area contributed by atoms with Gasteiger partial charge in [-0.3, -0.25) is 0 Å². The minimum absolute atomic E-state index is 0.454. The SMILES string of the molecule is CC(C)c1cn(C)c(Sc2cccc(Cl)c2)n1. The Morgan fingerprint density at radius 3 is 2.71 bits per heavy atom. The number of aromatic nitrogens is 2. The van der Waals surface area contributed by atoms with Crippen LogP contribution in [0.25, 0.3) is 0 Å². The lowest BCUT2D eigenvalue weighted by Crippen LogP contribution is -1.87. The largest absolute Gasteiger partial charge is 0.329 e. The highest BCUT2D eigenvalue weighted by molar-refractivity contribution is 7.99. The number of hydrogen-bond donors (Lipinski definition) is 0. The van der Waals surface area contributed by atoms with Gasteiger partial charge in [-0.05, 0) is 24.1 Å². The standard InChI is InChI=1S/C13H15ClN2S/c1-9(2)12-8-16(3)13(15-12)17-11-6-4-5-10(14)7-11/h4-9H,1-3H3. The molecule has 1 aromatic heterocycles. The van der Waals surface area contributed by atoms with E-state index in [1.807, 2.05) is 31.3 Å². The Morgan fingerprint density at radius 2 is 2.12 bits per heavy atom. The summed E-state index contributed by atoms with van der Waals surface area (Å²) in [5, 5.41) is 1.75. The number of imidazole rings is 1. The van der Waals surface area contributed by atoms with Crippen LogP contribution >= 0.6 is 23.4 Å². The van der Waals surface area contributed by atoms with Gasteiger partial charge in [-0.1, -0.05) is 43.3 Å². The zero-order valence-corrected chi connectivity index (χ0v) is 11.7. The van der Waals surface area contributed by atoms with Crippen molar-refractivity contribution in [2.45, 2.75) is 29.8 Å². The smallest absolute Gasteiger partial charge is 0.172 e. The van der Waals surface area contributed by atoms with Crippen LogP contribution in [0.4, 0.5) is 0 Å². The summed E-state index contributed by atoms with van der Waals surface area (Å²) in [4.78, 5) is 5.73. The Balaban J connectivity index is 2.24. The van der Waals surface area contributed by atoms with Crippen molar-refractivity contribution in [2.75, 3.05) is 0 Å². The van der Waals surface area contributed by atoms with Crippen LogP contribution in [-0.2, 0) is 7.05 Å². The third-order valence-electron chi connectivity index (χ3n) is 2.45. The van der Waals surface area contributed by atoms with Gasteiger partial charge in [0.1, 0.15) is 0 Å². The molecular weight excluding hydrogens is 252 g/mol. The van der Waals surface area contributed by atoms with Gasteiger partial charge in [-0.25, -0.2) is 4.98 Å². The lowest BCUT2D eigenvalue weighted by atomic mass is 10.2. The van der Waals surface area contributed by atoms with E-state index >= 15 is 0 Å². The molecule has 0 radical (unpaired) electrons. The van der Waals surface area contributed by atoms with Crippen molar-refractivity contribution in [1.82, 2.24) is 9.55 Å². The normalized spacial score (nSPS) is 11.1. The molecule has 0 amide bonds. The molecule has 4 heteroatoms. The van der Waals surface area contributed by atoms with E-state index in [0.29, 0.717) is 5.92 Å². The first-order valence-electron chi connectivity index (χ1n) is 5.53. The molecule has 17 heavy (non-hydrogen) atoms. The van der Waals surface area contributed by atoms with Crippen molar-refractivity contribution in [2.24, 2.45) is 7.05 Å². The van der Waals surface area contributed by atoms with Crippen LogP contribution in [0, 0.1) is 0 Å². The minimum atomic E-state index is 0.454. The Hall–Kier alpha value is -0.930.